The standard InChI is InChI=1S/C13H29N3O2S/c1-14-10-5-6-11-19(17,18)16(4)12-13(15(2)3)8-7-9-13/h14H,5-12H2,1-4H3. The average molecular weight is 291 g/mol. The van der Waals surface area contributed by atoms with Gasteiger partial charge in [-0.15, -0.1) is 0 Å². The highest BCUT2D eigenvalue weighted by Gasteiger charge is 2.41. The molecule has 1 aliphatic carbocycles. The highest BCUT2D eigenvalue weighted by molar-refractivity contribution is 7.89. The van der Waals surface area contributed by atoms with E-state index in [1.807, 2.05) is 21.1 Å². The van der Waals surface area contributed by atoms with Crippen LogP contribution in [0.4, 0.5) is 0 Å². The van der Waals surface area contributed by atoms with Crippen LogP contribution in [-0.4, -0.2) is 70.2 Å². The molecule has 6 heteroatoms. The van der Waals surface area contributed by atoms with Gasteiger partial charge in [-0.25, -0.2) is 12.7 Å². The lowest BCUT2D eigenvalue weighted by atomic mass is 9.75. The van der Waals surface area contributed by atoms with Gasteiger partial charge in [0.25, 0.3) is 0 Å². The third-order valence-corrected chi connectivity index (χ3v) is 6.19. The Bertz CT molecular complexity index is 364. The Kier molecular flexibility index (Phi) is 6.23. The van der Waals surface area contributed by atoms with Crippen molar-refractivity contribution in [2.24, 2.45) is 0 Å². The van der Waals surface area contributed by atoms with Crippen molar-refractivity contribution in [2.45, 2.75) is 37.6 Å². The summed E-state index contributed by atoms with van der Waals surface area (Å²) in [5, 5.41) is 3.04. The summed E-state index contributed by atoms with van der Waals surface area (Å²) in [5.41, 5.74) is 0.0623. The zero-order chi connectivity index (χ0) is 14.5. The third-order valence-electron chi connectivity index (χ3n) is 4.30. The van der Waals surface area contributed by atoms with Crippen LogP contribution in [0.1, 0.15) is 32.1 Å². The van der Waals surface area contributed by atoms with Gasteiger partial charge in [-0.05, 0) is 59.8 Å². The summed E-state index contributed by atoms with van der Waals surface area (Å²) in [4.78, 5) is 2.18. The highest BCUT2D eigenvalue weighted by Crippen LogP contribution is 2.37. The van der Waals surface area contributed by atoms with Gasteiger partial charge < -0.3 is 10.2 Å². The molecule has 5 nitrogen and oxygen atoms in total. The van der Waals surface area contributed by atoms with Crippen molar-refractivity contribution in [3.63, 3.8) is 0 Å². The van der Waals surface area contributed by atoms with Crippen LogP contribution in [0.5, 0.6) is 0 Å². The first-order valence-corrected chi connectivity index (χ1v) is 8.71. The van der Waals surface area contributed by atoms with Crippen LogP contribution >= 0.6 is 0 Å². The van der Waals surface area contributed by atoms with Gasteiger partial charge in [0, 0.05) is 19.1 Å². The molecule has 0 aromatic heterocycles. The molecule has 0 aliphatic heterocycles. The number of hydrogen-bond donors (Lipinski definition) is 1. The minimum Gasteiger partial charge on any atom is -0.320 e. The second-order valence-corrected chi connectivity index (χ2v) is 8.05. The van der Waals surface area contributed by atoms with E-state index in [0.29, 0.717) is 6.54 Å². The second kappa shape index (κ2) is 7.02. The molecule has 1 rings (SSSR count). The second-order valence-electron chi connectivity index (χ2n) is 5.86. The molecule has 1 N–H and O–H groups in total. The number of rotatable bonds is 9. The number of nitrogens with one attached hydrogen (secondary N) is 1. The number of unbranched alkanes of at least 4 members (excludes halogenated alkanes) is 1. The Morgan fingerprint density at radius 3 is 2.21 bits per heavy atom. The molecule has 0 aromatic carbocycles. The predicted octanol–water partition coefficient (Wildman–Crippen LogP) is 0.732. The van der Waals surface area contributed by atoms with Crippen LogP contribution in [0.25, 0.3) is 0 Å². The quantitative estimate of drug-likeness (QED) is 0.636. The SMILES string of the molecule is CNCCCCS(=O)(=O)N(C)CC1(N(C)C)CCC1. The van der Waals surface area contributed by atoms with Crippen LogP contribution in [0.3, 0.4) is 0 Å². The molecular formula is C13H29N3O2S. The lowest BCUT2D eigenvalue weighted by Gasteiger charge is -2.49. The maximum absolute atomic E-state index is 12.2. The van der Waals surface area contributed by atoms with Crippen LogP contribution < -0.4 is 5.32 Å². The summed E-state index contributed by atoms with van der Waals surface area (Å²) in [6.45, 7) is 1.50. The van der Waals surface area contributed by atoms with Crippen LogP contribution in [-0.2, 0) is 10.0 Å². The first kappa shape index (κ1) is 16.9. The summed E-state index contributed by atoms with van der Waals surface area (Å²) in [6, 6.07) is 0. The van der Waals surface area contributed by atoms with Gasteiger partial charge in [-0.1, -0.05) is 0 Å². The van der Waals surface area contributed by atoms with Crippen molar-refractivity contribution < 1.29 is 8.42 Å². The van der Waals surface area contributed by atoms with Gasteiger partial charge in [0.15, 0.2) is 0 Å². The van der Waals surface area contributed by atoms with E-state index in [4.69, 9.17) is 0 Å². The van der Waals surface area contributed by atoms with Crippen LogP contribution in [0, 0.1) is 0 Å². The van der Waals surface area contributed by atoms with E-state index in [2.05, 4.69) is 10.2 Å². The lowest BCUT2D eigenvalue weighted by Crippen LogP contribution is -2.57. The van der Waals surface area contributed by atoms with E-state index in [9.17, 15) is 8.42 Å². The normalized spacial score (nSPS) is 18.8. The van der Waals surface area contributed by atoms with Gasteiger partial charge >= 0.3 is 0 Å². The zero-order valence-electron chi connectivity index (χ0n) is 12.8. The van der Waals surface area contributed by atoms with Crippen molar-refractivity contribution in [2.75, 3.05) is 47.0 Å². The predicted molar refractivity (Wildman–Crippen MR) is 79.8 cm³/mol. The van der Waals surface area contributed by atoms with E-state index in [1.165, 1.54) is 6.42 Å². The molecule has 0 heterocycles. The van der Waals surface area contributed by atoms with Crippen molar-refractivity contribution in [3.05, 3.63) is 0 Å². The van der Waals surface area contributed by atoms with Crippen LogP contribution in [0.2, 0.25) is 0 Å². The molecule has 19 heavy (non-hydrogen) atoms. The monoisotopic (exact) mass is 291 g/mol. The molecule has 0 atom stereocenters. The summed E-state index contributed by atoms with van der Waals surface area (Å²) in [6.07, 6.45) is 5.03. The van der Waals surface area contributed by atoms with Crippen molar-refractivity contribution in [1.82, 2.24) is 14.5 Å². The average Bonchev–Trinajstić information content (AvgIpc) is 2.28. The van der Waals surface area contributed by atoms with E-state index >= 15 is 0 Å². The van der Waals surface area contributed by atoms with Gasteiger partial charge in [0.05, 0.1) is 5.75 Å². The van der Waals surface area contributed by atoms with Gasteiger partial charge in [0.1, 0.15) is 0 Å². The summed E-state index contributed by atoms with van der Waals surface area (Å²) < 4.78 is 26.0. The molecular weight excluding hydrogens is 262 g/mol. The highest BCUT2D eigenvalue weighted by atomic mass is 32.2. The summed E-state index contributed by atoms with van der Waals surface area (Å²) in [5.74, 6) is 0.259. The molecule has 0 amide bonds. The van der Waals surface area contributed by atoms with E-state index in [-0.39, 0.29) is 11.3 Å². The Balaban J connectivity index is 2.49. The number of nitrogens with zero attached hydrogens (tertiary/aromatic N) is 2. The van der Waals surface area contributed by atoms with Gasteiger partial charge in [-0.3, -0.25) is 0 Å². The Hall–Kier alpha value is -0.170. The topological polar surface area (TPSA) is 52.7 Å². The Morgan fingerprint density at radius 1 is 1.16 bits per heavy atom. The molecule has 114 valence electrons. The Morgan fingerprint density at radius 2 is 1.79 bits per heavy atom. The van der Waals surface area contributed by atoms with Gasteiger partial charge in [-0.2, -0.15) is 0 Å². The Labute approximate surface area is 118 Å². The molecule has 0 bridgehead atoms. The minimum absolute atomic E-state index is 0.0623. The first-order chi connectivity index (χ1) is 8.84. The largest absolute Gasteiger partial charge is 0.320 e. The summed E-state index contributed by atoms with van der Waals surface area (Å²) in [7, 11) is 4.60. The van der Waals surface area contributed by atoms with E-state index < -0.39 is 10.0 Å². The molecule has 0 aromatic rings. The fraction of sp³-hybridized carbons (Fsp3) is 1.00. The number of likely N-dealkylation sites (N-methyl/N-ethyl adjacent to an activating group) is 2. The third kappa shape index (κ3) is 4.41. The smallest absolute Gasteiger partial charge is 0.213 e. The van der Waals surface area contributed by atoms with E-state index in [0.717, 1.165) is 32.2 Å². The molecule has 1 fully saturated rings. The maximum atomic E-state index is 12.2. The minimum atomic E-state index is -3.10. The molecule has 0 radical (unpaired) electrons. The number of sulfonamides is 1. The molecule has 1 saturated carbocycles. The molecule has 1 aliphatic rings. The maximum Gasteiger partial charge on any atom is 0.213 e. The van der Waals surface area contributed by atoms with E-state index in [1.54, 1.807) is 11.4 Å². The van der Waals surface area contributed by atoms with Crippen LogP contribution in [0.15, 0.2) is 0 Å². The zero-order valence-corrected chi connectivity index (χ0v) is 13.6. The molecule has 0 spiro atoms. The van der Waals surface area contributed by atoms with Crippen molar-refractivity contribution in [1.29, 1.82) is 0 Å². The summed E-state index contributed by atoms with van der Waals surface area (Å²) >= 11 is 0. The fourth-order valence-corrected chi connectivity index (χ4v) is 3.90. The molecule has 0 saturated heterocycles. The van der Waals surface area contributed by atoms with Crippen molar-refractivity contribution in [3.8, 4) is 0 Å². The first-order valence-electron chi connectivity index (χ1n) is 7.10. The fourth-order valence-electron chi connectivity index (χ4n) is 2.59. The number of hydrogen-bond acceptors (Lipinski definition) is 4. The lowest BCUT2D eigenvalue weighted by molar-refractivity contribution is 0.0455. The van der Waals surface area contributed by atoms with Gasteiger partial charge in [0.2, 0.25) is 10.0 Å². The van der Waals surface area contributed by atoms with Crippen molar-refractivity contribution >= 4 is 10.0 Å². The molecule has 0 unspecified atom stereocenters.